The van der Waals surface area contributed by atoms with Gasteiger partial charge >= 0.3 is 0 Å². The van der Waals surface area contributed by atoms with E-state index in [1.807, 2.05) is 19.9 Å². The molecule has 3 aromatic rings. The Labute approximate surface area is 160 Å². The number of amides is 2. The standard InChI is InChI=1S/C19H20N4O3S/c1-10-14-11(2)21-17(13-4-3-9-26-13)22-18(14)27-15(10)19(25)23-7-5-12(6-8-23)16(20)24/h3-4,9,12H,5-8H2,1-2H3,(H2,20,24). The summed E-state index contributed by atoms with van der Waals surface area (Å²) in [7, 11) is 0. The van der Waals surface area contributed by atoms with E-state index in [0.29, 0.717) is 42.4 Å². The lowest BCUT2D eigenvalue weighted by Gasteiger charge is -2.30. The molecule has 0 saturated carbocycles. The third kappa shape index (κ3) is 3.10. The van der Waals surface area contributed by atoms with Crippen LogP contribution in [0.4, 0.5) is 0 Å². The second-order valence-corrected chi connectivity index (χ2v) is 7.81. The van der Waals surface area contributed by atoms with E-state index in [1.54, 1.807) is 17.2 Å². The van der Waals surface area contributed by atoms with Crippen LogP contribution in [0.2, 0.25) is 0 Å². The summed E-state index contributed by atoms with van der Waals surface area (Å²) in [5.41, 5.74) is 7.11. The van der Waals surface area contributed by atoms with Crippen LogP contribution < -0.4 is 5.73 Å². The molecule has 0 unspecified atom stereocenters. The van der Waals surface area contributed by atoms with Crippen molar-refractivity contribution in [2.24, 2.45) is 11.7 Å². The maximum Gasteiger partial charge on any atom is 0.264 e. The van der Waals surface area contributed by atoms with E-state index in [2.05, 4.69) is 9.97 Å². The molecule has 2 amide bonds. The Balaban J connectivity index is 1.66. The van der Waals surface area contributed by atoms with Crippen molar-refractivity contribution in [1.29, 1.82) is 0 Å². The first-order valence-electron chi connectivity index (χ1n) is 8.86. The Kier molecular flexibility index (Phi) is 4.43. The number of primary amides is 1. The number of aromatic nitrogens is 2. The third-order valence-electron chi connectivity index (χ3n) is 5.09. The first-order chi connectivity index (χ1) is 13.0. The molecular weight excluding hydrogens is 364 g/mol. The van der Waals surface area contributed by atoms with Crippen molar-refractivity contribution in [1.82, 2.24) is 14.9 Å². The quantitative estimate of drug-likeness (QED) is 0.748. The van der Waals surface area contributed by atoms with Crippen LogP contribution in [0, 0.1) is 19.8 Å². The minimum atomic E-state index is -0.281. The van der Waals surface area contributed by atoms with Gasteiger partial charge in [-0.3, -0.25) is 9.59 Å². The molecule has 0 aliphatic carbocycles. The summed E-state index contributed by atoms with van der Waals surface area (Å²) in [5, 5.41) is 0.922. The van der Waals surface area contributed by atoms with Crippen LogP contribution >= 0.6 is 11.3 Å². The molecule has 0 aromatic carbocycles. The van der Waals surface area contributed by atoms with Crippen LogP contribution in [0.3, 0.4) is 0 Å². The van der Waals surface area contributed by atoms with Gasteiger partial charge in [-0.15, -0.1) is 11.3 Å². The molecule has 8 heteroatoms. The molecule has 0 atom stereocenters. The zero-order valence-corrected chi connectivity index (χ0v) is 16.0. The lowest BCUT2D eigenvalue weighted by molar-refractivity contribution is -0.123. The van der Waals surface area contributed by atoms with Gasteiger partial charge in [-0.2, -0.15) is 0 Å². The monoisotopic (exact) mass is 384 g/mol. The summed E-state index contributed by atoms with van der Waals surface area (Å²) in [6.45, 7) is 4.94. The fourth-order valence-corrected chi connectivity index (χ4v) is 4.77. The number of piperidine rings is 1. The number of hydrogen-bond donors (Lipinski definition) is 1. The minimum Gasteiger partial charge on any atom is -0.461 e. The van der Waals surface area contributed by atoms with Gasteiger partial charge in [0.1, 0.15) is 4.83 Å². The molecule has 1 fully saturated rings. The fraction of sp³-hybridized carbons (Fsp3) is 0.368. The van der Waals surface area contributed by atoms with Crippen LogP contribution in [0.1, 0.15) is 33.8 Å². The first-order valence-corrected chi connectivity index (χ1v) is 9.67. The molecule has 3 aromatic heterocycles. The predicted molar refractivity (Wildman–Crippen MR) is 102 cm³/mol. The lowest BCUT2D eigenvalue weighted by Crippen LogP contribution is -2.41. The molecule has 1 aliphatic rings. The van der Waals surface area contributed by atoms with E-state index >= 15 is 0 Å². The van der Waals surface area contributed by atoms with E-state index in [0.717, 1.165) is 21.5 Å². The molecule has 4 rings (SSSR count). The first kappa shape index (κ1) is 17.7. The van der Waals surface area contributed by atoms with Crippen LogP contribution in [0.5, 0.6) is 0 Å². The van der Waals surface area contributed by atoms with Gasteiger partial charge < -0.3 is 15.1 Å². The van der Waals surface area contributed by atoms with Crippen molar-refractivity contribution in [2.45, 2.75) is 26.7 Å². The maximum atomic E-state index is 13.0. The summed E-state index contributed by atoms with van der Waals surface area (Å²) >= 11 is 1.38. The molecule has 4 heterocycles. The number of aryl methyl sites for hydroxylation is 2. The number of thiophene rings is 1. The highest BCUT2D eigenvalue weighted by Crippen LogP contribution is 2.34. The summed E-state index contributed by atoms with van der Waals surface area (Å²) in [6.07, 6.45) is 2.82. The van der Waals surface area contributed by atoms with Crippen LogP contribution in [0.25, 0.3) is 21.8 Å². The fourth-order valence-electron chi connectivity index (χ4n) is 3.57. The van der Waals surface area contributed by atoms with Crippen LogP contribution in [0.15, 0.2) is 22.8 Å². The Morgan fingerprint density at radius 1 is 1.26 bits per heavy atom. The summed E-state index contributed by atoms with van der Waals surface area (Å²) < 4.78 is 5.40. The van der Waals surface area contributed by atoms with Gasteiger partial charge in [0.2, 0.25) is 5.91 Å². The molecule has 140 valence electrons. The molecule has 1 aliphatic heterocycles. The number of nitrogens with zero attached hydrogens (tertiary/aromatic N) is 3. The Hall–Kier alpha value is -2.74. The number of rotatable bonds is 3. The van der Waals surface area contributed by atoms with Crippen molar-refractivity contribution in [3.63, 3.8) is 0 Å². The highest BCUT2D eigenvalue weighted by Gasteiger charge is 2.29. The Morgan fingerprint density at radius 3 is 2.63 bits per heavy atom. The zero-order valence-electron chi connectivity index (χ0n) is 15.2. The topological polar surface area (TPSA) is 102 Å². The van der Waals surface area contributed by atoms with E-state index in [-0.39, 0.29) is 17.7 Å². The van der Waals surface area contributed by atoms with Gasteiger partial charge in [0.25, 0.3) is 5.91 Å². The molecule has 27 heavy (non-hydrogen) atoms. The zero-order chi connectivity index (χ0) is 19.1. The number of nitrogens with two attached hydrogens (primary N) is 1. The third-order valence-corrected chi connectivity index (χ3v) is 6.27. The van der Waals surface area contributed by atoms with Gasteiger partial charge in [0.15, 0.2) is 11.6 Å². The van der Waals surface area contributed by atoms with Gasteiger partial charge in [0, 0.05) is 24.4 Å². The summed E-state index contributed by atoms with van der Waals surface area (Å²) in [4.78, 5) is 36.8. The maximum absolute atomic E-state index is 13.0. The summed E-state index contributed by atoms with van der Waals surface area (Å²) in [6, 6.07) is 3.61. The van der Waals surface area contributed by atoms with Gasteiger partial charge in [-0.25, -0.2) is 9.97 Å². The smallest absolute Gasteiger partial charge is 0.264 e. The number of fused-ring (bicyclic) bond motifs is 1. The second-order valence-electron chi connectivity index (χ2n) is 6.82. The molecule has 0 bridgehead atoms. The normalized spacial score (nSPS) is 15.4. The lowest BCUT2D eigenvalue weighted by atomic mass is 9.96. The number of carbonyl (C=O) groups excluding carboxylic acids is 2. The molecule has 7 nitrogen and oxygen atoms in total. The van der Waals surface area contributed by atoms with E-state index in [9.17, 15) is 9.59 Å². The second kappa shape index (κ2) is 6.77. The van der Waals surface area contributed by atoms with Crippen LogP contribution in [-0.2, 0) is 4.79 Å². The minimum absolute atomic E-state index is 0.0163. The molecule has 2 N–H and O–H groups in total. The van der Waals surface area contributed by atoms with Crippen molar-refractivity contribution in [2.75, 3.05) is 13.1 Å². The van der Waals surface area contributed by atoms with Crippen LogP contribution in [-0.4, -0.2) is 39.8 Å². The molecule has 0 spiro atoms. The van der Waals surface area contributed by atoms with Gasteiger partial charge in [-0.05, 0) is 44.4 Å². The molecule has 0 radical (unpaired) electrons. The number of hydrogen-bond acceptors (Lipinski definition) is 6. The highest BCUT2D eigenvalue weighted by molar-refractivity contribution is 7.20. The largest absolute Gasteiger partial charge is 0.461 e. The van der Waals surface area contributed by atoms with Crippen molar-refractivity contribution >= 4 is 33.4 Å². The summed E-state index contributed by atoms with van der Waals surface area (Å²) in [5.74, 6) is 0.690. The average molecular weight is 384 g/mol. The van der Waals surface area contributed by atoms with E-state index in [4.69, 9.17) is 10.2 Å². The van der Waals surface area contributed by atoms with E-state index in [1.165, 1.54) is 11.3 Å². The van der Waals surface area contributed by atoms with Crippen molar-refractivity contribution in [3.8, 4) is 11.6 Å². The van der Waals surface area contributed by atoms with Crippen molar-refractivity contribution < 1.29 is 14.0 Å². The Morgan fingerprint density at radius 2 is 2.00 bits per heavy atom. The SMILES string of the molecule is Cc1nc(-c2ccco2)nc2sc(C(=O)N3CCC(C(N)=O)CC3)c(C)c12. The number of carbonyl (C=O) groups is 2. The Bertz CT molecular complexity index is 1020. The number of likely N-dealkylation sites (tertiary alicyclic amines) is 1. The van der Waals surface area contributed by atoms with Crippen molar-refractivity contribution in [3.05, 3.63) is 34.5 Å². The highest BCUT2D eigenvalue weighted by atomic mass is 32.1. The number of furan rings is 1. The van der Waals surface area contributed by atoms with Gasteiger partial charge in [0.05, 0.1) is 16.8 Å². The average Bonchev–Trinajstić information content (AvgIpc) is 3.29. The van der Waals surface area contributed by atoms with E-state index < -0.39 is 0 Å². The van der Waals surface area contributed by atoms with Gasteiger partial charge in [-0.1, -0.05) is 0 Å². The predicted octanol–water partition coefficient (Wildman–Crippen LogP) is 2.91. The molecular formula is C19H20N4O3S. The molecule has 1 saturated heterocycles.